The largest absolute Gasteiger partial charge is 0.508 e. The fourth-order valence-electron chi connectivity index (χ4n) is 5.03. The van der Waals surface area contributed by atoms with Crippen LogP contribution < -0.4 is 4.74 Å². The SMILES string of the molecule is C[C@@H](CC(=O)O)c1ccc(OCc2ccc3c(-c4ccc(O)cc4F)nn(C4CCCC4)c3c2)cc1. The molecular formula is C29H29FN2O4. The van der Waals surface area contributed by atoms with E-state index in [1.54, 1.807) is 6.07 Å². The Hall–Kier alpha value is -3.87. The van der Waals surface area contributed by atoms with Gasteiger partial charge in [0.2, 0.25) is 0 Å². The molecule has 5 rings (SSSR count). The molecule has 36 heavy (non-hydrogen) atoms. The highest BCUT2D eigenvalue weighted by Gasteiger charge is 2.23. The minimum absolute atomic E-state index is 0.0672. The summed E-state index contributed by atoms with van der Waals surface area (Å²) in [6.45, 7) is 2.25. The van der Waals surface area contributed by atoms with Gasteiger partial charge in [0.05, 0.1) is 18.0 Å². The molecule has 0 amide bonds. The van der Waals surface area contributed by atoms with Gasteiger partial charge in [-0.15, -0.1) is 0 Å². The summed E-state index contributed by atoms with van der Waals surface area (Å²) in [5, 5.41) is 24.4. The molecule has 0 aliphatic heterocycles. The average Bonchev–Trinajstić information content (AvgIpc) is 3.51. The van der Waals surface area contributed by atoms with E-state index in [1.165, 1.54) is 6.07 Å². The number of phenols is 1. The number of fused-ring (bicyclic) bond motifs is 1. The molecule has 1 saturated carbocycles. The maximum absolute atomic E-state index is 14.7. The summed E-state index contributed by atoms with van der Waals surface area (Å²) in [6.07, 6.45) is 4.48. The number of ether oxygens (including phenoxy) is 1. The van der Waals surface area contributed by atoms with Crippen molar-refractivity contribution in [2.24, 2.45) is 0 Å². The van der Waals surface area contributed by atoms with E-state index in [4.69, 9.17) is 14.9 Å². The molecule has 186 valence electrons. The number of carboxylic acid groups (broad SMARTS) is 1. The smallest absolute Gasteiger partial charge is 0.303 e. The molecule has 1 aromatic heterocycles. The third kappa shape index (κ3) is 4.91. The Labute approximate surface area is 209 Å². The number of carbonyl (C=O) groups is 1. The van der Waals surface area contributed by atoms with Gasteiger partial charge in [-0.25, -0.2) is 4.39 Å². The lowest BCUT2D eigenvalue weighted by atomic mass is 9.98. The molecule has 7 heteroatoms. The summed E-state index contributed by atoms with van der Waals surface area (Å²) >= 11 is 0. The van der Waals surface area contributed by atoms with E-state index in [9.17, 15) is 14.3 Å². The first-order valence-corrected chi connectivity index (χ1v) is 12.3. The van der Waals surface area contributed by atoms with Crippen LogP contribution in [0.15, 0.2) is 60.7 Å². The van der Waals surface area contributed by atoms with Crippen molar-refractivity contribution in [2.45, 2.75) is 57.6 Å². The number of aromatic nitrogens is 2. The fraction of sp³-hybridized carbons (Fsp3) is 0.310. The van der Waals surface area contributed by atoms with Crippen LogP contribution >= 0.6 is 0 Å². The lowest BCUT2D eigenvalue weighted by molar-refractivity contribution is -0.137. The van der Waals surface area contributed by atoms with E-state index in [0.29, 0.717) is 23.6 Å². The van der Waals surface area contributed by atoms with Crippen LogP contribution in [0.3, 0.4) is 0 Å². The summed E-state index contributed by atoms with van der Waals surface area (Å²) in [6, 6.07) is 18.0. The maximum atomic E-state index is 14.7. The standard InChI is InChI=1S/C29H29FN2O4/c1-18(14-28(34)35)20-7-10-23(11-8-20)36-17-19-6-12-25-27(15-19)32(21-4-2-3-5-21)31-29(25)24-13-9-22(33)16-26(24)30/h6-13,15-16,18,21,33H,2-5,14,17H2,1H3,(H,34,35)/t18-/m0/s1. The zero-order valence-electron chi connectivity index (χ0n) is 20.2. The Balaban J connectivity index is 1.41. The molecule has 1 atom stereocenters. The minimum atomic E-state index is -0.814. The Morgan fingerprint density at radius 3 is 2.56 bits per heavy atom. The molecule has 0 bridgehead atoms. The molecular weight excluding hydrogens is 459 g/mol. The number of phenolic OH excluding ortho intramolecular Hbond substituents is 1. The van der Waals surface area contributed by atoms with E-state index < -0.39 is 11.8 Å². The zero-order chi connectivity index (χ0) is 25.2. The van der Waals surface area contributed by atoms with Gasteiger partial charge in [0.1, 0.15) is 29.6 Å². The van der Waals surface area contributed by atoms with Crippen molar-refractivity contribution in [1.82, 2.24) is 9.78 Å². The first-order valence-electron chi connectivity index (χ1n) is 12.3. The van der Waals surface area contributed by atoms with E-state index >= 15 is 0 Å². The lowest BCUT2D eigenvalue weighted by Crippen LogP contribution is -2.07. The van der Waals surface area contributed by atoms with Crippen LogP contribution in [0.1, 0.15) is 62.1 Å². The summed E-state index contributed by atoms with van der Waals surface area (Å²) in [7, 11) is 0. The van der Waals surface area contributed by atoms with Crippen LogP contribution in [-0.2, 0) is 11.4 Å². The Bertz CT molecular complexity index is 1390. The van der Waals surface area contributed by atoms with Crippen LogP contribution in [0.5, 0.6) is 11.5 Å². The van der Waals surface area contributed by atoms with Gasteiger partial charge in [0.15, 0.2) is 0 Å². The maximum Gasteiger partial charge on any atom is 0.303 e. The van der Waals surface area contributed by atoms with Crippen LogP contribution in [-0.4, -0.2) is 26.0 Å². The fourth-order valence-corrected chi connectivity index (χ4v) is 5.03. The molecule has 0 spiro atoms. The van der Waals surface area contributed by atoms with Crippen LogP contribution in [0, 0.1) is 5.82 Å². The second-order valence-corrected chi connectivity index (χ2v) is 9.60. The van der Waals surface area contributed by atoms with Gasteiger partial charge in [0.25, 0.3) is 0 Å². The highest BCUT2D eigenvalue weighted by atomic mass is 19.1. The van der Waals surface area contributed by atoms with Crippen molar-refractivity contribution in [2.75, 3.05) is 0 Å². The summed E-state index contributed by atoms with van der Waals surface area (Å²) in [5.41, 5.74) is 3.83. The summed E-state index contributed by atoms with van der Waals surface area (Å²) in [5.74, 6) is -0.785. The Morgan fingerprint density at radius 2 is 1.86 bits per heavy atom. The van der Waals surface area contributed by atoms with E-state index in [0.717, 1.165) is 53.8 Å². The predicted molar refractivity (Wildman–Crippen MR) is 136 cm³/mol. The molecule has 0 saturated heterocycles. The van der Waals surface area contributed by atoms with Crippen LogP contribution in [0.25, 0.3) is 22.2 Å². The summed E-state index contributed by atoms with van der Waals surface area (Å²) in [4.78, 5) is 11.0. The number of benzene rings is 3. The van der Waals surface area contributed by atoms with Gasteiger partial charge >= 0.3 is 5.97 Å². The van der Waals surface area contributed by atoms with Gasteiger partial charge in [0, 0.05) is 17.0 Å². The molecule has 1 aliphatic rings. The van der Waals surface area contributed by atoms with Crippen molar-refractivity contribution in [3.05, 3.63) is 77.6 Å². The lowest BCUT2D eigenvalue weighted by Gasteiger charge is -2.13. The van der Waals surface area contributed by atoms with Crippen LogP contribution in [0.2, 0.25) is 0 Å². The van der Waals surface area contributed by atoms with E-state index in [2.05, 4.69) is 6.07 Å². The third-order valence-corrected chi connectivity index (χ3v) is 6.99. The second kappa shape index (κ2) is 10.0. The van der Waals surface area contributed by atoms with Crippen molar-refractivity contribution in [3.8, 4) is 22.8 Å². The van der Waals surface area contributed by atoms with Gasteiger partial charge in [-0.3, -0.25) is 9.48 Å². The molecule has 1 heterocycles. The molecule has 0 unspecified atom stereocenters. The first-order chi connectivity index (χ1) is 17.4. The molecule has 0 radical (unpaired) electrons. The Kier molecular flexibility index (Phi) is 6.63. The van der Waals surface area contributed by atoms with Gasteiger partial charge in [-0.05, 0) is 60.2 Å². The quantitative estimate of drug-likeness (QED) is 0.284. The highest BCUT2D eigenvalue weighted by Crippen LogP contribution is 2.37. The topological polar surface area (TPSA) is 84.6 Å². The molecule has 3 aromatic carbocycles. The molecule has 2 N–H and O–H groups in total. The highest BCUT2D eigenvalue weighted by molar-refractivity contribution is 5.94. The number of rotatable bonds is 8. The number of hydrogen-bond donors (Lipinski definition) is 2. The zero-order valence-corrected chi connectivity index (χ0v) is 20.2. The molecule has 6 nitrogen and oxygen atoms in total. The van der Waals surface area contributed by atoms with Crippen molar-refractivity contribution < 1.29 is 24.1 Å². The second-order valence-electron chi connectivity index (χ2n) is 9.60. The number of nitrogens with zero attached hydrogens (tertiary/aromatic N) is 2. The first kappa shape index (κ1) is 23.9. The monoisotopic (exact) mass is 488 g/mol. The molecule has 1 fully saturated rings. The summed E-state index contributed by atoms with van der Waals surface area (Å²) < 4.78 is 22.8. The third-order valence-electron chi connectivity index (χ3n) is 6.99. The van der Waals surface area contributed by atoms with Crippen molar-refractivity contribution in [3.63, 3.8) is 0 Å². The minimum Gasteiger partial charge on any atom is -0.508 e. The van der Waals surface area contributed by atoms with Crippen molar-refractivity contribution >= 4 is 16.9 Å². The number of carboxylic acids is 1. The number of aromatic hydroxyl groups is 1. The number of aliphatic carboxylic acids is 1. The molecule has 4 aromatic rings. The van der Waals surface area contributed by atoms with Gasteiger partial charge in [-0.2, -0.15) is 5.10 Å². The van der Waals surface area contributed by atoms with E-state index in [1.807, 2.05) is 48.0 Å². The number of halogens is 1. The van der Waals surface area contributed by atoms with Crippen LogP contribution in [0.4, 0.5) is 4.39 Å². The van der Waals surface area contributed by atoms with Gasteiger partial charge < -0.3 is 14.9 Å². The Morgan fingerprint density at radius 1 is 1.11 bits per heavy atom. The molecule has 1 aliphatic carbocycles. The van der Waals surface area contributed by atoms with Gasteiger partial charge in [-0.1, -0.05) is 44.0 Å². The number of hydrogen-bond acceptors (Lipinski definition) is 4. The van der Waals surface area contributed by atoms with E-state index in [-0.39, 0.29) is 24.1 Å². The normalized spacial score (nSPS) is 14.8. The van der Waals surface area contributed by atoms with Crippen molar-refractivity contribution in [1.29, 1.82) is 0 Å². The predicted octanol–water partition coefficient (Wildman–Crippen LogP) is 6.82. The average molecular weight is 489 g/mol.